The number of hydrogen-bond donors (Lipinski definition) is 2. The maximum Gasteiger partial charge on any atom is 0.225 e. The molecule has 1 unspecified atom stereocenters. The van der Waals surface area contributed by atoms with Crippen molar-refractivity contribution >= 4 is 27.5 Å². The molecule has 0 aliphatic rings. The summed E-state index contributed by atoms with van der Waals surface area (Å²) in [5.74, 6) is 0.281. The van der Waals surface area contributed by atoms with Crippen LogP contribution in [-0.2, 0) is 4.79 Å². The molecule has 0 bridgehead atoms. The van der Waals surface area contributed by atoms with Crippen LogP contribution in [0.15, 0.2) is 22.7 Å². The van der Waals surface area contributed by atoms with E-state index in [9.17, 15) is 4.79 Å². The van der Waals surface area contributed by atoms with Gasteiger partial charge in [0.25, 0.3) is 0 Å². The summed E-state index contributed by atoms with van der Waals surface area (Å²) in [6, 6.07) is 5.67. The first-order chi connectivity index (χ1) is 7.90. The fraction of sp³-hybridized carbons (Fsp3) is 0.462. The molecule has 0 saturated carbocycles. The summed E-state index contributed by atoms with van der Waals surface area (Å²) in [4.78, 5) is 11.8. The highest BCUT2D eigenvalue weighted by atomic mass is 79.9. The monoisotopic (exact) mass is 298 g/mol. The van der Waals surface area contributed by atoms with Gasteiger partial charge in [0.05, 0.1) is 0 Å². The zero-order valence-corrected chi connectivity index (χ0v) is 12.0. The van der Waals surface area contributed by atoms with Crippen LogP contribution in [0.25, 0.3) is 0 Å². The van der Waals surface area contributed by atoms with Crippen LogP contribution in [0.2, 0.25) is 0 Å². The molecule has 4 heteroatoms. The van der Waals surface area contributed by atoms with Gasteiger partial charge in [-0.3, -0.25) is 4.79 Å². The van der Waals surface area contributed by atoms with Gasteiger partial charge >= 0.3 is 0 Å². The molecule has 0 radical (unpaired) electrons. The van der Waals surface area contributed by atoms with Crippen molar-refractivity contribution in [1.29, 1.82) is 0 Å². The van der Waals surface area contributed by atoms with Gasteiger partial charge in [-0.15, -0.1) is 0 Å². The van der Waals surface area contributed by atoms with Gasteiger partial charge in [-0.05, 0) is 36.6 Å². The van der Waals surface area contributed by atoms with Crippen molar-refractivity contribution in [3.8, 4) is 0 Å². The van der Waals surface area contributed by atoms with E-state index in [0.29, 0.717) is 12.3 Å². The Bertz CT molecular complexity index is 404. The maximum absolute atomic E-state index is 11.8. The van der Waals surface area contributed by atoms with E-state index < -0.39 is 0 Å². The molecular weight excluding hydrogens is 280 g/mol. The second-order valence-electron chi connectivity index (χ2n) is 4.62. The molecule has 1 aromatic rings. The van der Waals surface area contributed by atoms with Crippen LogP contribution < -0.4 is 11.1 Å². The lowest BCUT2D eigenvalue weighted by molar-refractivity contribution is -0.116. The number of halogens is 1. The Morgan fingerprint density at radius 2 is 2.12 bits per heavy atom. The zero-order chi connectivity index (χ0) is 13.0. The smallest absolute Gasteiger partial charge is 0.225 e. The summed E-state index contributed by atoms with van der Waals surface area (Å²) in [6.07, 6.45) is 0.354. The van der Waals surface area contributed by atoms with Crippen molar-refractivity contribution in [2.45, 2.75) is 33.2 Å². The number of amides is 1. The molecule has 0 fully saturated rings. The van der Waals surface area contributed by atoms with Crippen LogP contribution in [0, 0.1) is 12.8 Å². The van der Waals surface area contributed by atoms with E-state index >= 15 is 0 Å². The second kappa shape index (κ2) is 6.17. The number of carbonyl (C=O) groups is 1. The number of nitrogens with one attached hydrogen (secondary N) is 1. The molecule has 0 saturated heterocycles. The van der Waals surface area contributed by atoms with E-state index in [-0.39, 0.29) is 11.9 Å². The average molecular weight is 299 g/mol. The van der Waals surface area contributed by atoms with Crippen molar-refractivity contribution in [2.24, 2.45) is 11.7 Å². The molecule has 3 N–H and O–H groups in total. The van der Waals surface area contributed by atoms with Crippen molar-refractivity contribution in [3.05, 3.63) is 28.2 Å². The second-order valence-corrected chi connectivity index (χ2v) is 5.54. The Morgan fingerprint density at radius 3 is 2.65 bits per heavy atom. The molecule has 0 spiro atoms. The van der Waals surface area contributed by atoms with Gasteiger partial charge in [-0.1, -0.05) is 29.8 Å². The number of anilines is 1. The first-order valence-electron chi connectivity index (χ1n) is 5.71. The molecule has 94 valence electrons. The standard InChI is InChI=1S/C13H19BrN2O/c1-8(2)11(15)7-13(17)16-12-5-4-10(14)6-9(12)3/h4-6,8,11H,7,15H2,1-3H3,(H,16,17). The van der Waals surface area contributed by atoms with Crippen molar-refractivity contribution in [1.82, 2.24) is 0 Å². The molecule has 0 aliphatic heterocycles. The predicted molar refractivity (Wildman–Crippen MR) is 74.9 cm³/mol. The fourth-order valence-electron chi connectivity index (χ4n) is 1.42. The average Bonchev–Trinajstić information content (AvgIpc) is 2.22. The largest absolute Gasteiger partial charge is 0.327 e. The minimum atomic E-state index is -0.0919. The van der Waals surface area contributed by atoms with Crippen LogP contribution in [0.3, 0.4) is 0 Å². The molecule has 1 atom stereocenters. The van der Waals surface area contributed by atoms with Crippen LogP contribution in [0.4, 0.5) is 5.69 Å². The topological polar surface area (TPSA) is 55.1 Å². The van der Waals surface area contributed by atoms with Crippen LogP contribution in [-0.4, -0.2) is 11.9 Å². The minimum Gasteiger partial charge on any atom is -0.327 e. The lowest BCUT2D eigenvalue weighted by Crippen LogP contribution is -2.31. The lowest BCUT2D eigenvalue weighted by atomic mass is 10.0. The molecule has 0 aliphatic carbocycles. The normalized spacial score (nSPS) is 12.6. The van der Waals surface area contributed by atoms with Gasteiger partial charge in [0, 0.05) is 22.6 Å². The number of carbonyl (C=O) groups excluding carboxylic acids is 1. The molecular formula is C13H19BrN2O. The Hall–Kier alpha value is -0.870. The van der Waals surface area contributed by atoms with E-state index in [1.165, 1.54) is 0 Å². The summed E-state index contributed by atoms with van der Waals surface area (Å²) in [5, 5.41) is 2.88. The molecule has 1 amide bonds. The molecule has 17 heavy (non-hydrogen) atoms. The molecule has 1 aromatic carbocycles. The van der Waals surface area contributed by atoms with Gasteiger partial charge in [0.2, 0.25) is 5.91 Å². The SMILES string of the molecule is Cc1cc(Br)ccc1NC(=O)CC(N)C(C)C. The highest BCUT2D eigenvalue weighted by Gasteiger charge is 2.13. The summed E-state index contributed by atoms with van der Waals surface area (Å²) < 4.78 is 1.01. The van der Waals surface area contributed by atoms with E-state index in [2.05, 4.69) is 21.2 Å². The van der Waals surface area contributed by atoms with E-state index in [1.807, 2.05) is 39.0 Å². The number of aryl methyl sites for hydroxylation is 1. The van der Waals surface area contributed by atoms with Crippen LogP contribution >= 0.6 is 15.9 Å². The highest BCUT2D eigenvalue weighted by Crippen LogP contribution is 2.20. The Labute approximate surface area is 111 Å². The molecule has 0 aromatic heterocycles. The highest BCUT2D eigenvalue weighted by molar-refractivity contribution is 9.10. The lowest BCUT2D eigenvalue weighted by Gasteiger charge is -2.15. The third-order valence-electron chi connectivity index (χ3n) is 2.74. The Balaban J connectivity index is 2.62. The third kappa shape index (κ3) is 4.48. The Morgan fingerprint density at radius 1 is 1.47 bits per heavy atom. The number of nitrogens with two attached hydrogens (primary N) is 1. The van der Waals surface area contributed by atoms with E-state index in [0.717, 1.165) is 15.7 Å². The zero-order valence-electron chi connectivity index (χ0n) is 10.5. The first kappa shape index (κ1) is 14.2. The minimum absolute atomic E-state index is 0.0309. The summed E-state index contributed by atoms with van der Waals surface area (Å²) in [5.41, 5.74) is 7.74. The predicted octanol–water partition coefficient (Wildman–Crippen LogP) is 3.07. The number of hydrogen-bond acceptors (Lipinski definition) is 2. The van der Waals surface area contributed by atoms with Crippen molar-refractivity contribution in [2.75, 3.05) is 5.32 Å². The quantitative estimate of drug-likeness (QED) is 0.897. The number of benzene rings is 1. The molecule has 1 rings (SSSR count). The Kier molecular flexibility index (Phi) is 5.15. The van der Waals surface area contributed by atoms with Crippen molar-refractivity contribution in [3.63, 3.8) is 0 Å². The summed E-state index contributed by atoms with van der Waals surface area (Å²) >= 11 is 3.39. The van der Waals surface area contributed by atoms with Crippen LogP contribution in [0.5, 0.6) is 0 Å². The van der Waals surface area contributed by atoms with Gasteiger partial charge in [-0.25, -0.2) is 0 Å². The van der Waals surface area contributed by atoms with Gasteiger partial charge in [0.1, 0.15) is 0 Å². The fourth-order valence-corrected chi connectivity index (χ4v) is 1.89. The first-order valence-corrected chi connectivity index (χ1v) is 6.51. The summed E-state index contributed by atoms with van der Waals surface area (Å²) in [7, 11) is 0. The maximum atomic E-state index is 11.8. The van der Waals surface area contributed by atoms with E-state index in [4.69, 9.17) is 5.73 Å². The van der Waals surface area contributed by atoms with Gasteiger partial charge in [-0.2, -0.15) is 0 Å². The molecule has 3 nitrogen and oxygen atoms in total. The third-order valence-corrected chi connectivity index (χ3v) is 3.23. The van der Waals surface area contributed by atoms with E-state index in [1.54, 1.807) is 0 Å². The van der Waals surface area contributed by atoms with Crippen molar-refractivity contribution < 1.29 is 4.79 Å². The summed E-state index contributed by atoms with van der Waals surface area (Å²) in [6.45, 7) is 5.99. The van der Waals surface area contributed by atoms with Crippen LogP contribution in [0.1, 0.15) is 25.8 Å². The van der Waals surface area contributed by atoms with Gasteiger partial charge in [0.15, 0.2) is 0 Å². The number of rotatable bonds is 4. The molecule has 0 heterocycles. The van der Waals surface area contributed by atoms with Gasteiger partial charge < -0.3 is 11.1 Å².